The molecule has 1 aliphatic rings. The molecule has 1 fully saturated rings. The van der Waals surface area contributed by atoms with Crippen LogP contribution >= 0.6 is 0 Å². The molecule has 0 amide bonds. The van der Waals surface area contributed by atoms with Gasteiger partial charge in [0.25, 0.3) is 0 Å². The standard InChI is InChI=1S/C16H26N2O/c1-13(18-10-5-4-6-11-18)16(2,17)14-8-7-9-15(12-14)19-3/h7-9,12-13H,4-6,10-11,17H2,1-3H3. The van der Waals surface area contributed by atoms with E-state index < -0.39 is 0 Å². The zero-order valence-electron chi connectivity index (χ0n) is 12.4. The summed E-state index contributed by atoms with van der Waals surface area (Å²) in [6.45, 7) is 6.70. The monoisotopic (exact) mass is 262 g/mol. The lowest BCUT2D eigenvalue weighted by Crippen LogP contribution is -2.54. The fourth-order valence-corrected chi connectivity index (χ4v) is 2.88. The molecule has 2 unspecified atom stereocenters. The van der Waals surface area contributed by atoms with Crippen LogP contribution in [-0.4, -0.2) is 31.1 Å². The van der Waals surface area contributed by atoms with Gasteiger partial charge in [-0.15, -0.1) is 0 Å². The van der Waals surface area contributed by atoms with E-state index in [0.717, 1.165) is 24.4 Å². The number of nitrogens with zero attached hydrogens (tertiary/aromatic N) is 1. The maximum absolute atomic E-state index is 6.64. The van der Waals surface area contributed by atoms with E-state index in [9.17, 15) is 0 Å². The molecular formula is C16H26N2O. The van der Waals surface area contributed by atoms with E-state index in [4.69, 9.17) is 10.5 Å². The Morgan fingerprint density at radius 2 is 1.95 bits per heavy atom. The first-order chi connectivity index (χ1) is 9.05. The van der Waals surface area contributed by atoms with Gasteiger partial charge >= 0.3 is 0 Å². The van der Waals surface area contributed by atoms with Crippen LogP contribution in [-0.2, 0) is 5.54 Å². The van der Waals surface area contributed by atoms with Crippen LogP contribution in [0.2, 0.25) is 0 Å². The molecule has 1 aliphatic heterocycles. The number of benzene rings is 1. The number of piperidine rings is 1. The van der Waals surface area contributed by atoms with Crippen molar-refractivity contribution in [3.05, 3.63) is 29.8 Å². The van der Waals surface area contributed by atoms with Crippen molar-refractivity contribution < 1.29 is 4.74 Å². The quantitative estimate of drug-likeness (QED) is 0.906. The van der Waals surface area contributed by atoms with Crippen LogP contribution in [0.4, 0.5) is 0 Å². The third-order valence-electron chi connectivity index (χ3n) is 4.50. The second-order valence-electron chi connectivity index (χ2n) is 5.79. The first kappa shape index (κ1) is 14.4. The summed E-state index contributed by atoms with van der Waals surface area (Å²) in [6, 6.07) is 8.47. The SMILES string of the molecule is COc1cccc(C(C)(N)C(C)N2CCCCC2)c1. The summed E-state index contributed by atoms with van der Waals surface area (Å²) >= 11 is 0. The predicted octanol–water partition coefficient (Wildman–Crippen LogP) is 2.74. The number of ether oxygens (including phenoxy) is 1. The first-order valence-corrected chi connectivity index (χ1v) is 7.23. The Kier molecular flexibility index (Phi) is 4.48. The molecular weight excluding hydrogens is 236 g/mol. The Morgan fingerprint density at radius 1 is 1.26 bits per heavy atom. The van der Waals surface area contributed by atoms with Crippen LogP contribution < -0.4 is 10.5 Å². The predicted molar refractivity (Wildman–Crippen MR) is 79.4 cm³/mol. The van der Waals surface area contributed by atoms with Gasteiger partial charge in [0.15, 0.2) is 0 Å². The second kappa shape index (κ2) is 5.93. The fourth-order valence-electron chi connectivity index (χ4n) is 2.88. The van der Waals surface area contributed by atoms with E-state index >= 15 is 0 Å². The molecule has 0 saturated carbocycles. The third-order valence-corrected chi connectivity index (χ3v) is 4.50. The molecule has 2 N–H and O–H groups in total. The molecule has 3 nitrogen and oxygen atoms in total. The molecule has 1 saturated heterocycles. The van der Waals surface area contributed by atoms with Crippen LogP contribution in [0.1, 0.15) is 38.7 Å². The third kappa shape index (κ3) is 3.10. The lowest BCUT2D eigenvalue weighted by molar-refractivity contribution is 0.116. The molecule has 19 heavy (non-hydrogen) atoms. The summed E-state index contributed by atoms with van der Waals surface area (Å²) in [5.41, 5.74) is 7.43. The summed E-state index contributed by atoms with van der Waals surface area (Å²) in [5.74, 6) is 0.875. The van der Waals surface area contributed by atoms with Crippen LogP contribution in [0.25, 0.3) is 0 Å². The summed E-state index contributed by atoms with van der Waals surface area (Å²) in [7, 11) is 1.70. The molecule has 2 rings (SSSR count). The van der Waals surface area contributed by atoms with Gasteiger partial charge in [-0.3, -0.25) is 4.90 Å². The van der Waals surface area contributed by atoms with E-state index in [0.29, 0.717) is 6.04 Å². The molecule has 0 aromatic heterocycles. The molecule has 0 radical (unpaired) electrons. The highest BCUT2D eigenvalue weighted by atomic mass is 16.5. The van der Waals surface area contributed by atoms with Crippen molar-refractivity contribution in [3.63, 3.8) is 0 Å². The van der Waals surface area contributed by atoms with Crippen molar-refractivity contribution in [2.45, 2.75) is 44.7 Å². The van der Waals surface area contributed by atoms with Crippen molar-refractivity contribution >= 4 is 0 Å². The van der Waals surface area contributed by atoms with Crippen LogP contribution in [0, 0.1) is 0 Å². The van der Waals surface area contributed by atoms with Crippen molar-refractivity contribution in [3.8, 4) is 5.75 Å². The first-order valence-electron chi connectivity index (χ1n) is 7.23. The van der Waals surface area contributed by atoms with Gasteiger partial charge < -0.3 is 10.5 Å². The minimum atomic E-state index is -0.355. The summed E-state index contributed by atoms with van der Waals surface area (Å²) < 4.78 is 5.31. The van der Waals surface area contributed by atoms with Gasteiger partial charge in [0, 0.05) is 6.04 Å². The smallest absolute Gasteiger partial charge is 0.119 e. The minimum Gasteiger partial charge on any atom is -0.497 e. The molecule has 1 aromatic carbocycles. The van der Waals surface area contributed by atoms with Gasteiger partial charge in [-0.05, 0) is 57.5 Å². The van der Waals surface area contributed by atoms with E-state index in [2.05, 4.69) is 30.9 Å². The van der Waals surface area contributed by atoms with Gasteiger partial charge in [-0.2, -0.15) is 0 Å². The average molecular weight is 262 g/mol. The lowest BCUT2D eigenvalue weighted by atomic mass is 9.84. The Balaban J connectivity index is 2.19. The Labute approximate surface area is 116 Å². The number of hydrogen-bond donors (Lipinski definition) is 1. The number of hydrogen-bond acceptors (Lipinski definition) is 3. The van der Waals surface area contributed by atoms with E-state index in [-0.39, 0.29) is 5.54 Å². The molecule has 0 spiro atoms. The molecule has 0 aliphatic carbocycles. The van der Waals surface area contributed by atoms with Gasteiger partial charge in [0.05, 0.1) is 12.6 Å². The van der Waals surface area contributed by atoms with Crippen LogP contribution in [0.5, 0.6) is 5.75 Å². The molecule has 1 heterocycles. The number of methoxy groups -OCH3 is 1. The Bertz CT molecular complexity index is 411. The highest BCUT2D eigenvalue weighted by molar-refractivity contribution is 5.33. The van der Waals surface area contributed by atoms with Crippen molar-refractivity contribution in [2.24, 2.45) is 5.73 Å². The van der Waals surface area contributed by atoms with Gasteiger partial charge in [-0.1, -0.05) is 18.6 Å². The molecule has 106 valence electrons. The number of likely N-dealkylation sites (tertiary alicyclic amines) is 1. The average Bonchev–Trinajstić information content (AvgIpc) is 2.47. The maximum Gasteiger partial charge on any atom is 0.119 e. The normalized spacial score (nSPS) is 21.7. The fraction of sp³-hybridized carbons (Fsp3) is 0.625. The van der Waals surface area contributed by atoms with E-state index in [1.54, 1.807) is 7.11 Å². The minimum absolute atomic E-state index is 0.333. The number of rotatable bonds is 4. The van der Waals surface area contributed by atoms with Crippen LogP contribution in [0.3, 0.4) is 0 Å². The summed E-state index contributed by atoms with van der Waals surface area (Å²) in [6.07, 6.45) is 3.93. The van der Waals surface area contributed by atoms with Crippen LogP contribution in [0.15, 0.2) is 24.3 Å². The van der Waals surface area contributed by atoms with E-state index in [1.807, 2.05) is 12.1 Å². The zero-order chi connectivity index (χ0) is 13.9. The molecule has 2 atom stereocenters. The van der Waals surface area contributed by atoms with Crippen molar-refractivity contribution in [1.82, 2.24) is 4.90 Å². The number of nitrogens with two attached hydrogens (primary N) is 1. The van der Waals surface area contributed by atoms with Gasteiger partial charge in [-0.25, -0.2) is 0 Å². The lowest BCUT2D eigenvalue weighted by Gasteiger charge is -2.42. The second-order valence-corrected chi connectivity index (χ2v) is 5.79. The van der Waals surface area contributed by atoms with Gasteiger partial charge in [0.2, 0.25) is 0 Å². The topological polar surface area (TPSA) is 38.5 Å². The molecule has 1 aromatic rings. The Morgan fingerprint density at radius 3 is 2.58 bits per heavy atom. The van der Waals surface area contributed by atoms with E-state index in [1.165, 1.54) is 19.3 Å². The zero-order valence-corrected chi connectivity index (χ0v) is 12.4. The largest absolute Gasteiger partial charge is 0.497 e. The molecule has 0 bridgehead atoms. The summed E-state index contributed by atoms with van der Waals surface area (Å²) in [5, 5.41) is 0. The van der Waals surface area contributed by atoms with Crippen molar-refractivity contribution in [1.29, 1.82) is 0 Å². The Hall–Kier alpha value is -1.06. The highest BCUT2D eigenvalue weighted by Crippen LogP contribution is 2.29. The maximum atomic E-state index is 6.64. The highest BCUT2D eigenvalue weighted by Gasteiger charge is 2.33. The van der Waals surface area contributed by atoms with Gasteiger partial charge in [0.1, 0.15) is 5.75 Å². The molecule has 3 heteroatoms. The summed E-state index contributed by atoms with van der Waals surface area (Å²) in [4.78, 5) is 2.52. The van der Waals surface area contributed by atoms with Crippen molar-refractivity contribution in [2.75, 3.05) is 20.2 Å².